The molecule has 1 amide bonds. The van der Waals surface area contributed by atoms with Crippen molar-refractivity contribution < 1.29 is 47.7 Å². The van der Waals surface area contributed by atoms with E-state index in [1.165, 1.54) is 26.3 Å². The van der Waals surface area contributed by atoms with Gasteiger partial charge in [0.2, 0.25) is 5.75 Å². The van der Waals surface area contributed by atoms with Gasteiger partial charge in [-0.05, 0) is 49.9 Å². The second-order valence-corrected chi connectivity index (χ2v) is 11.5. The minimum atomic E-state index is -1.48. The Morgan fingerprint density at radius 2 is 1.72 bits per heavy atom. The number of nitrogens with zero attached hydrogens (tertiary/aromatic N) is 1. The molecule has 1 aliphatic heterocycles. The lowest BCUT2D eigenvalue weighted by Crippen LogP contribution is -2.47. The molecule has 2 unspecified atom stereocenters. The van der Waals surface area contributed by atoms with Gasteiger partial charge in [-0.25, -0.2) is 14.6 Å². The largest absolute Gasteiger partial charge is 0.493 e. The second-order valence-electron chi connectivity index (χ2n) is 11.5. The summed E-state index contributed by atoms with van der Waals surface area (Å²) >= 11 is 0. The van der Waals surface area contributed by atoms with Gasteiger partial charge in [0.05, 0.1) is 18.6 Å². The molecule has 2 heterocycles. The van der Waals surface area contributed by atoms with Crippen LogP contribution in [-0.4, -0.2) is 66.7 Å². The third-order valence-electron chi connectivity index (χ3n) is 7.79. The highest BCUT2D eigenvalue weighted by molar-refractivity contribution is 6.00. The van der Waals surface area contributed by atoms with Gasteiger partial charge in [-0.2, -0.15) is 0 Å². The Bertz CT molecular complexity index is 1640. The highest BCUT2D eigenvalue weighted by Crippen LogP contribution is 2.31. The molecule has 0 saturated carbocycles. The number of methoxy groups -OCH3 is 1. The summed E-state index contributed by atoms with van der Waals surface area (Å²) in [7, 11) is 1.33. The Hall–Kier alpha value is -5.26. The van der Waals surface area contributed by atoms with Gasteiger partial charge in [-0.3, -0.25) is 14.4 Å². The quantitative estimate of drug-likeness (QED) is 0.265. The maximum absolute atomic E-state index is 13.6. The van der Waals surface area contributed by atoms with Crippen molar-refractivity contribution in [2.45, 2.75) is 59.3 Å². The number of nitrogens with one attached hydrogen (secondary N) is 1. The number of aryl methyl sites for hydroxylation is 1. The number of carbonyl (C=O) groups excluding carboxylic acids is 5. The molecule has 12 nitrogen and oxygen atoms in total. The first-order valence-electron chi connectivity index (χ1n) is 15.1. The summed E-state index contributed by atoms with van der Waals surface area (Å²) in [6, 6.07) is 14.1. The van der Waals surface area contributed by atoms with E-state index in [0.29, 0.717) is 5.56 Å². The van der Waals surface area contributed by atoms with Gasteiger partial charge >= 0.3 is 23.9 Å². The molecule has 248 valence electrons. The summed E-state index contributed by atoms with van der Waals surface area (Å²) in [6.07, 6.45) is -0.855. The summed E-state index contributed by atoms with van der Waals surface area (Å²) in [4.78, 5) is 70.4. The number of aromatic nitrogens is 1. The number of cyclic esters (lactones) is 2. The molecule has 0 bridgehead atoms. The minimum Gasteiger partial charge on any atom is -0.493 e. The van der Waals surface area contributed by atoms with Crippen molar-refractivity contribution in [1.29, 1.82) is 0 Å². The number of hydrogen-bond donors (Lipinski definition) is 1. The number of benzene rings is 2. The van der Waals surface area contributed by atoms with Crippen LogP contribution in [0, 0.1) is 25.7 Å². The highest BCUT2D eigenvalue weighted by atomic mass is 16.6. The van der Waals surface area contributed by atoms with Crippen LogP contribution in [-0.2, 0) is 35.0 Å². The Balaban J connectivity index is 1.61. The fraction of sp³-hybridized carbons (Fsp3) is 0.371. The van der Waals surface area contributed by atoms with E-state index >= 15 is 0 Å². The van der Waals surface area contributed by atoms with Crippen LogP contribution in [0.2, 0.25) is 0 Å². The lowest BCUT2D eigenvalue weighted by molar-refractivity contribution is -0.176. The monoisotopic (exact) mass is 646 g/mol. The molecular formula is C35H38N2O10. The molecule has 1 aliphatic rings. The smallest absolute Gasteiger partial charge is 0.344 e. The van der Waals surface area contributed by atoms with Crippen molar-refractivity contribution in [3.05, 3.63) is 88.7 Å². The molecule has 0 radical (unpaired) electrons. The number of hydrogen-bond acceptors (Lipinski definition) is 11. The van der Waals surface area contributed by atoms with Crippen molar-refractivity contribution in [3.63, 3.8) is 0 Å². The molecular weight excluding hydrogens is 608 g/mol. The predicted octanol–water partition coefficient (Wildman–Crippen LogP) is 3.94. The molecule has 0 spiro atoms. The van der Waals surface area contributed by atoms with Gasteiger partial charge in [-0.1, -0.05) is 56.3 Å². The first kappa shape index (κ1) is 34.6. The molecule has 1 aromatic heterocycles. The third kappa shape index (κ3) is 8.32. The Morgan fingerprint density at radius 1 is 1.00 bits per heavy atom. The number of pyridine rings is 1. The Labute approximate surface area is 272 Å². The molecule has 2 aromatic carbocycles. The zero-order valence-corrected chi connectivity index (χ0v) is 27.1. The first-order chi connectivity index (χ1) is 22.4. The van der Waals surface area contributed by atoms with Crippen molar-refractivity contribution >= 4 is 29.8 Å². The number of rotatable bonds is 9. The van der Waals surface area contributed by atoms with E-state index in [1.807, 2.05) is 31.2 Å². The molecule has 3 aromatic rings. The van der Waals surface area contributed by atoms with Gasteiger partial charge in [0.15, 0.2) is 23.6 Å². The summed E-state index contributed by atoms with van der Waals surface area (Å²) in [5.41, 5.74) is 2.25. The van der Waals surface area contributed by atoms with Crippen LogP contribution in [0.25, 0.3) is 0 Å². The van der Waals surface area contributed by atoms with Crippen molar-refractivity contribution in [2.24, 2.45) is 11.8 Å². The summed E-state index contributed by atoms with van der Waals surface area (Å²) in [5.74, 6) is -5.72. The lowest BCUT2D eigenvalue weighted by Gasteiger charge is -2.29. The molecule has 1 N–H and O–H groups in total. The number of ether oxygens (including phenoxy) is 5. The number of carbonyl (C=O) groups is 5. The lowest BCUT2D eigenvalue weighted by atomic mass is 9.91. The zero-order valence-electron chi connectivity index (χ0n) is 27.1. The van der Waals surface area contributed by atoms with Gasteiger partial charge in [0.1, 0.15) is 18.6 Å². The van der Waals surface area contributed by atoms with Crippen molar-refractivity contribution in [1.82, 2.24) is 10.3 Å². The fourth-order valence-electron chi connectivity index (χ4n) is 4.95. The van der Waals surface area contributed by atoms with Crippen molar-refractivity contribution in [3.8, 4) is 11.5 Å². The fourth-order valence-corrected chi connectivity index (χ4v) is 4.95. The normalized spacial score (nSPS) is 19.7. The van der Waals surface area contributed by atoms with E-state index < -0.39 is 66.5 Å². The van der Waals surface area contributed by atoms with E-state index in [-0.39, 0.29) is 29.2 Å². The number of amides is 1. The van der Waals surface area contributed by atoms with Crippen LogP contribution in [0.4, 0.5) is 0 Å². The zero-order chi connectivity index (χ0) is 34.2. The van der Waals surface area contributed by atoms with Gasteiger partial charge in [0, 0.05) is 12.3 Å². The third-order valence-corrected chi connectivity index (χ3v) is 7.79. The van der Waals surface area contributed by atoms with Gasteiger partial charge < -0.3 is 29.0 Å². The minimum absolute atomic E-state index is 0.0412. The molecule has 1 saturated heterocycles. The number of esters is 4. The summed E-state index contributed by atoms with van der Waals surface area (Å²) in [6.45, 7) is 7.81. The SMILES string of the molecule is COc1ccnc(C(=O)NC2COC(=O)[C@H](Cc3ccccc3)C(OC(=O)C(C)C)[C@H](C)OC2=O)c1OC(=O)c1cccc(C)c1C. The average molecular weight is 647 g/mol. The first-order valence-corrected chi connectivity index (χ1v) is 15.1. The molecule has 0 aliphatic carbocycles. The topological polar surface area (TPSA) is 156 Å². The second kappa shape index (κ2) is 15.4. The van der Waals surface area contributed by atoms with Crippen LogP contribution in [0.5, 0.6) is 11.5 Å². The molecule has 4 rings (SSSR count). The summed E-state index contributed by atoms with van der Waals surface area (Å²) < 4.78 is 27.9. The average Bonchev–Trinajstić information content (AvgIpc) is 3.08. The molecule has 47 heavy (non-hydrogen) atoms. The van der Waals surface area contributed by atoms with E-state index in [0.717, 1.165) is 11.1 Å². The van der Waals surface area contributed by atoms with Crippen LogP contribution in [0.1, 0.15) is 58.3 Å². The van der Waals surface area contributed by atoms with Crippen LogP contribution < -0.4 is 14.8 Å². The van der Waals surface area contributed by atoms with E-state index in [1.54, 1.807) is 45.0 Å². The predicted molar refractivity (Wildman–Crippen MR) is 168 cm³/mol. The van der Waals surface area contributed by atoms with E-state index in [2.05, 4.69) is 10.3 Å². The highest BCUT2D eigenvalue weighted by Gasteiger charge is 2.42. The van der Waals surface area contributed by atoms with Crippen LogP contribution in [0.3, 0.4) is 0 Å². The maximum atomic E-state index is 13.6. The standard InChI is InChI=1S/C35H38N2O10/c1-19(2)32(39)46-29-22(5)45-35(42)26(18-44-33(40)25(29)17-23-12-8-7-9-13-23)37-31(38)28-30(27(43-6)15-16-36-28)47-34(41)24-14-10-11-20(3)21(24)4/h7-16,19,22,25-26,29H,17-18H2,1-6H3,(H,37,38)/t22-,25+,26?,29?/m0/s1. The van der Waals surface area contributed by atoms with E-state index in [4.69, 9.17) is 23.7 Å². The molecule has 1 fully saturated rings. The molecule has 12 heteroatoms. The maximum Gasteiger partial charge on any atom is 0.344 e. The van der Waals surface area contributed by atoms with E-state index in [9.17, 15) is 24.0 Å². The Morgan fingerprint density at radius 3 is 2.40 bits per heavy atom. The molecule has 4 atom stereocenters. The Kier molecular flexibility index (Phi) is 11.3. The summed E-state index contributed by atoms with van der Waals surface area (Å²) in [5, 5.41) is 2.48. The van der Waals surface area contributed by atoms with Crippen LogP contribution in [0.15, 0.2) is 60.8 Å². The van der Waals surface area contributed by atoms with Crippen LogP contribution >= 0.6 is 0 Å². The van der Waals surface area contributed by atoms with Crippen molar-refractivity contribution in [2.75, 3.05) is 13.7 Å². The van der Waals surface area contributed by atoms with Gasteiger partial charge in [-0.15, -0.1) is 0 Å². The van der Waals surface area contributed by atoms with Gasteiger partial charge in [0.25, 0.3) is 5.91 Å².